The Labute approximate surface area is 102 Å². The number of rotatable bonds is 3. The molecule has 18 heavy (non-hydrogen) atoms. The van der Waals surface area contributed by atoms with Crippen molar-refractivity contribution in [1.29, 1.82) is 0 Å². The van der Waals surface area contributed by atoms with Gasteiger partial charge in [0.2, 0.25) is 0 Å². The monoisotopic (exact) mass is 258 g/mol. The van der Waals surface area contributed by atoms with Crippen LogP contribution in [0.3, 0.4) is 0 Å². The molecule has 0 heterocycles. The molecule has 0 unspecified atom stereocenters. The van der Waals surface area contributed by atoms with Gasteiger partial charge < -0.3 is 5.11 Å². The third-order valence-electron chi connectivity index (χ3n) is 3.50. The van der Waals surface area contributed by atoms with Crippen LogP contribution >= 0.6 is 0 Å². The van der Waals surface area contributed by atoms with Crippen LogP contribution in [0.25, 0.3) is 0 Å². The first-order chi connectivity index (χ1) is 8.24. The molecule has 1 aromatic carbocycles. The number of hydrogen-bond donors (Lipinski definition) is 1. The summed E-state index contributed by atoms with van der Waals surface area (Å²) in [5.41, 5.74) is -0.601. The van der Waals surface area contributed by atoms with E-state index in [9.17, 15) is 18.0 Å². The number of halogens is 3. The standard InChI is InChI=1S/C13H13F3O2/c1-8-2-3-9(6-10(8)13(14,15)16)12(4-5-12)7-11(17)18/h2-3,6H,4-5,7H2,1H3,(H,17,18). The maximum Gasteiger partial charge on any atom is 0.416 e. The second kappa shape index (κ2) is 4.00. The van der Waals surface area contributed by atoms with Crippen molar-refractivity contribution in [2.45, 2.75) is 37.8 Å². The van der Waals surface area contributed by atoms with Crippen molar-refractivity contribution in [2.24, 2.45) is 0 Å². The van der Waals surface area contributed by atoms with Gasteiger partial charge in [0.15, 0.2) is 0 Å². The number of aliphatic carboxylic acids is 1. The van der Waals surface area contributed by atoms with E-state index in [1.165, 1.54) is 13.0 Å². The Hall–Kier alpha value is -1.52. The summed E-state index contributed by atoms with van der Waals surface area (Å²) < 4.78 is 38.4. The first kappa shape index (κ1) is 12.9. The number of aryl methyl sites for hydroxylation is 1. The molecule has 1 N–H and O–H groups in total. The molecule has 1 aliphatic carbocycles. The van der Waals surface area contributed by atoms with Crippen LogP contribution in [0.15, 0.2) is 18.2 Å². The van der Waals surface area contributed by atoms with Crippen molar-refractivity contribution in [2.75, 3.05) is 0 Å². The highest BCUT2D eigenvalue weighted by molar-refractivity contribution is 5.70. The topological polar surface area (TPSA) is 37.3 Å². The Morgan fingerprint density at radius 1 is 1.39 bits per heavy atom. The Bertz CT molecular complexity index is 487. The largest absolute Gasteiger partial charge is 0.481 e. The Kier molecular flexibility index (Phi) is 2.87. The quantitative estimate of drug-likeness (QED) is 0.900. The Morgan fingerprint density at radius 2 is 2.00 bits per heavy atom. The van der Waals surface area contributed by atoms with Crippen molar-refractivity contribution in [1.82, 2.24) is 0 Å². The highest BCUT2D eigenvalue weighted by atomic mass is 19.4. The molecule has 0 bridgehead atoms. The van der Waals surface area contributed by atoms with Gasteiger partial charge in [-0.05, 0) is 37.0 Å². The van der Waals surface area contributed by atoms with Crippen molar-refractivity contribution in [3.05, 3.63) is 34.9 Å². The van der Waals surface area contributed by atoms with E-state index in [1.807, 2.05) is 0 Å². The van der Waals surface area contributed by atoms with Gasteiger partial charge in [-0.25, -0.2) is 0 Å². The van der Waals surface area contributed by atoms with Gasteiger partial charge in [-0.15, -0.1) is 0 Å². The molecule has 5 heteroatoms. The Balaban J connectivity index is 2.39. The summed E-state index contributed by atoms with van der Waals surface area (Å²) in [5, 5.41) is 8.81. The van der Waals surface area contributed by atoms with E-state index in [-0.39, 0.29) is 12.0 Å². The molecule has 1 aliphatic rings. The fraction of sp³-hybridized carbons (Fsp3) is 0.462. The van der Waals surface area contributed by atoms with E-state index in [4.69, 9.17) is 5.11 Å². The minimum atomic E-state index is -4.39. The number of carboxylic acids is 1. The van der Waals surface area contributed by atoms with Crippen molar-refractivity contribution in [3.63, 3.8) is 0 Å². The molecule has 0 aromatic heterocycles. The fourth-order valence-electron chi connectivity index (χ4n) is 2.27. The third-order valence-corrected chi connectivity index (χ3v) is 3.50. The first-order valence-corrected chi connectivity index (χ1v) is 5.65. The molecule has 0 aliphatic heterocycles. The minimum Gasteiger partial charge on any atom is -0.481 e. The fourth-order valence-corrected chi connectivity index (χ4v) is 2.27. The van der Waals surface area contributed by atoms with Crippen LogP contribution in [-0.4, -0.2) is 11.1 Å². The molecule has 1 fully saturated rings. The highest BCUT2D eigenvalue weighted by Gasteiger charge is 2.47. The van der Waals surface area contributed by atoms with Crippen molar-refractivity contribution < 1.29 is 23.1 Å². The lowest BCUT2D eigenvalue weighted by molar-refractivity contribution is -0.138. The van der Waals surface area contributed by atoms with E-state index in [0.29, 0.717) is 18.4 Å². The number of alkyl halides is 3. The molecule has 2 rings (SSSR count). The van der Waals surface area contributed by atoms with Crippen LogP contribution in [0.1, 0.15) is 36.0 Å². The van der Waals surface area contributed by atoms with Crippen LogP contribution in [0.4, 0.5) is 13.2 Å². The number of carbonyl (C=O) groups is 1. The zero-order chi connectivity index (χ0) is 13.6. The average molecular weight is 258 g/mol. The lowest BCUT2D eigenvalue weighted by atomic mass is 9.90. The van der Waals surface area contributed by atoms with Crippen LogP contribution in [0, 0.1) is 6.92 Å². The van der Waals surface area contributed by atoms with Gasteiger partial charge in [0.05, 0.1) is 12.0 Å². The summed E-state index contributed by atoms with van der Waals surface area (Å²) >= 11 is 0. The molecule has 0 spiro atoms. The molecule has 1 saturated carbocycles. The molecule has 0 saturated heterocycles. The third kappa shape index (κ3) is 2.35. The summed E-state index contributed by atoms with van der Waals surface area (Å²) in [7, 11) is 0. The molecule has 0 atom stereocenters. The van der Waals surface area contributed by atoms with Crippen molar-refractivity contribution in [3.8, 4) is 0 Å². The van der Waals surface area contributed by atoms with E-state index >= 15 is 0 Å². The molecule has 98 valence electrons. The predicted octanol–water partition coefficient (Wildman–Crippen LogP) is 3.52. The molecule has 2 nitrogen and oxygen atoms in total. The van der Waals surface area contributed by atoms with Gasteiger partial charge in [-0.3, -0.25) is 4.79 Å². The van der Waals surface area contributed by atoms with Gasteiger partial charge in [0.1, 0.15) is 0 Å². The summed E-state index contributed by atoms with van der Waals surface area (Å²) in [5.74, 6) is -0.971. The van der Waals surface area contributed by atoms with Crippen LogP contribution in [0.2, 0.25) is 0 Å². The first-order valence-electron chi connectivity index (χ1n) is 5.65. The van der Waals surface area contributed by atoms with Crippen LogP contribution in [-0.2, 0) is 16.4 Å². The minimum absolute atomic E-state index is 0.104. The smallest absolute Gasteiger partial charge is 0.416 e. The molecule has 1 aromatic rings. The Morgan fingerprint density at radius 3 is 2.44 bits per heavy atom. The second-order valence-corrected chi connectivity index (χ2v) is 4.88. The van der Waals surface area contributed by atoms with Crippen LogP contribution in [0.5, 0.6) is 0 Å². The van der Waals surface area contributed by atoms with Gasteiger partial charge in [-0.1, -0.05) is 12.1 Å². The van der Waals surface area contributed by atoms with Gasteiger partial charge in [0, 0.05) is 5.41 Å². The maximum atomic E-state index is 12.8. The molecular weight excluding hydrogens is 245 g/mol. The number of hydrogen-bond acceptors (Lipinski definition) is 1. The van der Waals surface area contributed by atoms with Crippen LogP contribution < -0.4 is 0 Å². The lowest BCUT2D eigenvalue weighted by Crippen LogP contribution is -2.15. The SMILES string of the molecule is Cc1ccc(C2(CC(=O)O)CC2)cc1C(F)(F)F. The summed E-state index contributed by atoms with van der Waals surface area (Å²) in [4.78, 5) is 10.8. The average Bonchev–Trinajstić information content (AvgIpc) is 2.96. The number of benzene rings is 1. The highest BCUT2D eigenvalue weighted by Crippen LogP contribution is 2.52. The zero-order valence-electron chi connectivity index (χ0n) is 9.84. The van der Waals surface area contributed by atoms with E-state index in [2.05, 4.69) is 0 Å². The summed E-state index contributed by atoms with van der Waals surface area (Å²) in [6, 6.07) is 4.13. The number of carboxylic acid groups (broad SMARTS) is 1. The van der Waals surface area contributed by atoms with E-state index < -0.39 is 23.1 Å². The normalized spacial score (nSPS) is 17.6. The van der Waals surface area contributed by atoms with Gasteiger partial charge in [-0.2, -0.15) is 13.2 Å². The second-order valence-electron chi connectivity index (χ2n) is 4.88. The summed E-state index contributed by atoms with van der Waals surface area (Å²) in [6.07, 6.45) is -3.22. The van der Waals surface area contributed by atoms with E-state index in [1.54, 1.807) is 6.07 Å². The van der Waals surface area contributed by atoms with Crippen molar-refractivity contribution >= 4 is 5.97 Å². The van der Waals surface area contributed by atoms with E-state index in [0.717, 1.165) is 6.07 Å². The van der Waals surface area contributed by atoms with Gasteiger partial charge in [0.25, 0.3) is 0 Å². The lowest BCUT2D eigenvalue weighted by Gasteiger charge is -2.17. The van der Waals surface area contributed by atoms with Gasteiger partial charge >= 0.3 is 12.1 Å². The predicted molar refractivity (Wildman–Crippen MR) is 59.3 cm³/mol. The summed E-state index contributed by atoms with van der Waals surface area (Å²) in [6.45, 7) is 1.41. The molecule has 0 amide bonds. The zero-order valence-corrected chi connectivity index (χ0v) is 9.84. The molecular formula is C13H13F3O2. The maximum absolute atomic E-state index is 12.8. The molecule has 0 radical (unpaired) electrons.